The van der Waals surface area contributed by atoms with E-state index in [1.54, 1.807) is 36.4 Å². The molecule has 0 heterocycles. The van der Waals surface area contributed by atoms with Gasteiger partial charge in [-0.25, -0.2) is 0 Å². The van der Waals surface area contributed by atoms with E-state index in [-0.39, 0.29) is 5.75 Å². The average Bonchev–Trinajstić information content (AvgIpc) is 2.73. The lowest BCUT2D eigenvalue weighted by atomic mass is 10.1. The van der Waals surface area contributed by atoms with E-state index in [2.05, 4.69) is 11.6 Å². The predicted molar refractivity (Wildman–Crippen MR) is 115 cm³/mol. The van der Waals surface area contributed by atoms with Crippen molar-refractivity contribution < 1.29 is 17.7 Å². The predicted octanol–water partition coefficient (Wildman–Crippen LogP) is 5.94. The van der Waals surface area contributed by atoms with Crippen molar-refractivity contribution in [3.05, 3.63) is 79.4 Å². The third-order valence-electron chi connectivity index (χ3n) is 4.42. The highest BCUT2D eigenvalue weighted by Gasteiger charge is 2.36. The lowest BCUT2D eigenvalue weighted by Gasteiger charge is -2.18. The SMILES string of the molecule is C=CCC(F)(F)C(CS(=O)c1cccc2ccccc12)=Nc1ccc(OC)cc1. The zero-order valence-corrected chi connectivity index (χ0v) is 16.8. The minimum absolute atomic E-state index is 0.347. The third-order valence-corrected chi connectivity index (χ3v) is 5.80. The van der Waals surface area contributed by atoms with Crippen LogP contribution in [0.2, 0.25) is 0 Å². The molecule has 0 amide bonds. The lowest BCUT2D eigenvalue weighted by molar-refractivity contribution is 0.0814. The van der Waals surface area contributed by atoms with Crippen LogP contribution in [0.1, 0.15) is 6.42 Å². The molecule has 1 unspecified atom stereocenters. The molecule has 0 aliphatic carbocycles. The number of nitrogens with zero attached hydrogens (tertiary/aromatic N) is 1. The summed E-state index contributed by atoms with van der Waals surface area (Å²) in [6.45, 7) is 3.41. The molecule has 3 aromatic carbocycles. The van der Waals surface area contributed by atoms with Crippen LogP contribution < -0.4 is 4.74 Å². The highest BCUT2D eigenvalue weighted by atomic mass is 32.2. The number of fused-ring (bicyclic) bond motifs is 1. The van der Waals surface area contributed by atoms with Crippen molar-refractivity contribution >= 4 is 33.0 Å². The monoisotopic (exact) mass is 413 g/mol. The van der Waals surface area contributed by atoms with Crippen LogP contribution in [0.5, 0.6) is 5.75 Å². The molecule has 0 saturated heterocycles. The summed E-state index contributed by atoms with van der Waals surface area (Å²) in [5, 5.41) is 1.69. The Bertz CT molecular complexity index is 1060. The van der Waals surface area contributed by atoms with Gasteiger partial charge >= 0.3 is 0 Å². The van der Waals surface area contributed by atoms with Crippen molar-refractivity contribution in [1.29, 1.82) is 0 Å². The first-order chi connectivity index (χ1) is 13.9. The molecular weight excluding hydrogens is 392 g/mol. The molecule has 0 aliphatic rings. The van der Waals surface area contributed by atoms with E-state index in [1.165, 1.54) is 7.11 Å². The van der Waals surface area contributed by atoms with Crippen molar-refractivity contribution in [2.45, 2.75) is 17.2 Å². The van der Waals surface area contributed by atoms with Gasteiger partial charge in [0.15, 0.2) is 0 Å². The van der Waals surface area contributed by atoms with Crippen LogP contribution in [0.25, 0.3) is 10.8 Å². The number of ether oxygens (including phenoxy) is 1. The molecule has 29 heavy (non-hydrogen) atoms. The second kappa shape index (κ2) is 9.09. The molecule has 6 heteroatoms. The molecule has 0 N–H and O–H groups in total. The molecule has 0 aliphatic heterocycles. The highest BCUT2D eigenvalue weighted by molar-refractivity contribution is 7.86. The van der Waals surface area contributed by atoms with Crippen molar-refractivity contribution in [3.63, 3.8) is 0 Å². The van der Waals surface area contributed by atoms with Gasteiger partial charge in [0.1, 0.15) is 11.5 Å². The Kier molecular flexibility index (Phi) is 6.54. The van der Waals surface area contributed by atoms with Gasteiger partial charge in [0.2, 0.25) is 0 Å². The Morgan fingerprint density at radius 1 is 1.10 bits per heavy atom. The van der Waals surface area contributed by atoms with Crippen LogP contribution in [0.15, 0.2) is 89.3 Å². The van der Waals surface area contributed by atoms with E-state index >= 15 is 0 Å². The van der Waals surface area contributed by atoms with E-state index in [9.17, 15) is 13.0 Å². The molecule has 0 aromatic heterocycles. The Morgan fingerprint density at radius 3 is 2.48 bits per heavy atom. The van der Waals surface area contributed by atoms with E-state index in [1.807, 2.05) is 30.3 Å². The molecule has 0 bridgehead atoms. The fourth-order valence-electron chi connectivity index (χ4n) is 2.93. The van der Waals surface area contributed by atoms with E-state index < -0.39 is 28.9 Å². The molecule has 3 nitrogen and oxygen atoms in total. The van der Waals surface area contributed by atoms with E-state index in [4.69, 9.17) is 4.74 Å². The number of aliphatic imine (C=N–C) groups is 1. The van der Waals surface area contributed by atoms with Gasteiger partial charge in [0, 0.05) is 11.3 Å². The average molecular weight is 413 g/mol. The number of alkyl halides is 2. The summed E-state index contributed by atoms with van der Waals surface area (Å²) in [6.07, 6.45) is 0.569. The number of allylic oxidation sites excluding steroid dienone is 1. The van der Waals surface area contributed by atoms with Crippen LogP contribution in [0, 0.1) is 0 Å². The maximum absolute atomic E-state index is 14.7. The number of methoxy groups -OCH3 is 1. The summed E-state index contributed by atoms with van der Waals surface area (Å²) < 4.78 is 47.6. The quantitative estimate of drug-likeness (QED) is 0.339. The maximum Gasteiger partial charge on any atom is 0.290 e. The fraction of sp³-hybridized carbons (Fsp3) is 0.174. The fourth-order valence-corrected chi connectivity index (χ4v) is 4.27. The Balaban J connectivity index is 1.98. The first-order valence-corrected chi connectivity index (χ1v) is 10.3. The van der Waals surface area contributed by atoms with Crippen LogP contribution >= 0.6 is 0 Å². The zero-order chi connectivity index (χ0) is 20.9. The van der Waals surface area contributed by atoms with Crippen molar-refractivity contribution in [2.75, 3.05) is 12.9 Å². The minimum atomic E-state index is -3.25. The molecule has 0 saturated carbocycles. The van der Waals surface area contributed by atoms with Gasteiger partial charge in [-0.1, -0.05) is 42.5 Å². The van der Waals surface area contributed by atoms with Gasteiger partial charge < -0.3 is 4.74 Å². The molecule has 1 atom stereocenters. The lowest BCUT2D eigenvalue weighted by Crippen LogP contribution is -2.32. The van der Waals surface area contributed by atoms with Crippen LogP contribution in [0.3, 0.4) is 0 Å². The van der Waals surface area contributed by atoms with Crippen molar-refractivity contribution in [1.82, 2.24) is 0 Å². The van der Waals surface area contributed by atoms with Gasteiger partial charge in [-0.3, -0.25) is 9.20 Å². The Morgan fingerprint density at radius 2 is 1.79 bits per heavy atom. The van der Waals surface area contributed by atoms with Crippen molar-refractivity contribution in [2.24, 2.45) is 4.99 Å². The van der Waals surface area contributed by atoms with Crippen LogP contribution in [-0.4, -0.2) is 28.7 Å². The summed E-state index contributed by atoms with van der Waals surface area (Å²) in [7, 11) is -0.164. The molecule has 0 fully saturated rings. The topological polar surface area (TPSA) is 38.7 Å². The minimum Gasteiger partial charge on any atom is -0.497 e. The molecule has 3 rings (SSSR count). The van der Waals surface area contributed by atoms with Gasteiger partial charge in [-0.2, -0.15) is 8.78 Å². The third kappa shape index (κ3) is 4.95. The maximum atomic E-state index is 14.7. The molecule has 3 aromatic rings. The number of hydrogen-bond donors (Lipinski definition) is 0. The number of hydrogen-bond acceptors (Lipinski definition) is 3. The Hall–Kier alpha value is -2.86. The number of benzene rings is 3. The first-order valence-electron chi connectivity index (χ1n) is 9.01. The van der Waals surface area contributed by atoms with Crippen molar-refractivity contribution in [3.8, 4) is 5.75 Å². The normalized spacial score (nSPS) is 13.3. The largest absolute Gasteiger partial charge is 0.497 e. The highest BCUT2D eigenvalue weighted by Crippen LogP contribution is 2.28. The summed E-state index contributed by atoms with van der Waals surface area (Å²) in [4.78, 5) is 4.65. The molecular formula is C23H21F2NO2S. The second-order valence-corrected chi connectivity index (χ2v) is 7.84. The van der Waals surface area contributed by atoms with Gasteiger partial charge in [-0.05, 0) is 41.1 Å². The van der Waals surface area contributed by atoms with Gasteiger partial charge in [0.05, 0.1) is 29.3 Å². The molecule has 150 valence electrons. The second-order valence-electron chi connectivity index (χ2n) is 6.42. The van der Waals surface area contributed by atoms with Gasteiger partial charge in [0.25, 0.3) is 5.92 Å². The summed E-state index contributed by atoms with van der Waals surface area (Å²) >= 11 is 0. The van der Waals surface area contributed by atoms with Crippen LogP contribution in [0.4, 0.5) is 14.5 Å². The van der Waals surface area contributed by atoms with E-state index in [0.29, 0.717) is 16.3 Å². The number of halogens is 2. The molecule has 0 spiro atoms. The Labute approximate surface area is 171 Å². The zero-order valence-electron chi connectivity index (χ0n) is 16.0. The first kappa shape index (κ1) is 20.9. The number of rotatable bonds is 8. The summed E-state index contributed by atoms with van der Waals surface area (Å²) in [6, 6.07) is 19.3. The summed E-state index contributed by atoms with van der Waals surface area (Å²) in [5.74, 6) is -3.02. The summed E-state index contributed by atoms with van der Waals surface area (Å²) in [5.41, 5.74) is -0.0895. The van der Waals surface area contributed by atoms with E-state index in [0.717, 1.165) is 16.8 Å². The smallest absolute Gasteiger partial charge is 0.290 e. The molecule has 0 radical (unpaired) electrons. The van der Waals surface area contributed by atoms with Crippen LogP contribution in [-0.2, 0) is 10.8 Å². The van der Waals surface area contributed by atoms with Gasteiger partial charge in [-0.15, -0.1) is 6.58 Å². The standard InChI is InChI=1S/C23H21F2NO2S/c1-3-15-23(24,25)22(26-18-11-13-19(28-2)14-12-18)16-29(27)21-10-6-8-17-7-4-5-9-20(17)21/h3-14H,1,15-16H2,2H3.